The van der Waals surface area contributed by atoms with Crippen LogP contribution in [0.4, 0.5) is 11.4 Å². The molecule has 0 bridgehead atoms. The van der Waals surface area contributed by atoms with Gasteiger partial charge >= 0.3 is 0 Å². The molecule has 0 saturated carbocycles. The Kier molecular flexibility index (Phi) is 2.98. The van der Waals surface area contributed by atoms with Crippen LogP contribution in [0.25, 0.3) is 0 Å². The lowest BCUT2D eigenvalue weighted by atomic mass is 10.3. The molecule has 1 saturated heterocycles. The van der Waals surface area contributed by atoms with E-state index in [0.29, 0.717) is 12.5 Å². The third-order valence-electron chi connectivity index (χ3n) is 2.87. The van der Waals surface area contributed by atoms with Gasteiger partial charge in [-0.05, 0) is 24.3 Å². The average molecular weight is 251 g/mol. The van der Waals surface area contributed by atoms with Crippen molar-refractivity contribution in [3.05, 3.63) is 60.7 Å². The van der Waals surface area contributed by atoms with Gasteiger partial charge in [0.05, 0.1) is 5.69 Å². The third-order valence-corrected chi connectivity index (χ3v) is 2.87. The highest BCUT2D eigenvalue weighted by atomic mass is 16.2. The molecule has 4 nitrogen and oxygen atoms in total. The summed E-state index contributed by atoms with van der Waals surface area (Å²) in [7, 11) is 0. The first-order valence-electron chi connectivity index (χ1n) is 6.09. The molecule has 0 aliphatic carbocycles. The van der Waals surface area contributed by atoms with E-state index in [0.717, 1.165) is 11.4 Å². The average Bonchev–Trinajstić information content (AvgIpc) is 2.82. The number of carbonyl (C=O) groups excluding carboxylic acids is 1. The molecule has 1 N–H and O–H groups in total. The van der Waals surface area contributed by atoms with Gasteiger partial charge in [-0.3, -0.25) is 10.1 Å². The molecule has 0 aromatic heterocycles. The molecular formula is C15H13N3O. The van der Waals surface area contributed by atoms with E-state index in [1.54, 1.807) is 0 Å². The fraction of sp³-hybridized carbons (Fsp3) is 0.0667. The van der Waals surface area contributed by atoms with Gasteiger partial charge < -0.3 is 4.90 Å². The van der Waals surface area contributed by atoms with Crippen LogP contribution in [0, 0.1) is 0 Å². The summed E-state index contributed by atoms with van der Waals surface area (Å²) < 4.78 is 0. The second-order valence-corrected chi connectivity index (χ2v) is 4.24. The van der Waals surface area contributed by atoms with Crippen molar-refractivity contribution in [1.82, 2.24) is 5.32 Å². The number of hydrogen-bond acceptors (Lipinski definition) is 2. The molecular weight excluding hydrogens is 238 g/mol. The van der Waals surface area contributed by atoms with Gasteiger partial charge in [-0.2, -0.15) is 0 Å². The summed E-state index contributed by atoms with van der Waals surface area (Å²) >= 11 is 0. The summed E-state index contributed by atoms with van der Waals surface area (Å²) in [6.45, 7) is 0.301. The van der Waals surface area contributed by atoms with Gasteiger partial charge in [-0.15, -0.1) is 0 Å². The maximum atomic E-state index is 11.6. The van der Waals surface area contributed by atoms with Crippen LogP contribution in [0.15, 0.2) is 65.7 Å². The minimum Gasteiger partial charge on any atom is -0.303 e. The number of amides is 1. The molecule has 2 aromatic rings. The molecule has 2 aromatic carbocycles. The van der Waals surface area contributed by atoms with Crippen molar-refractivity contribution < 1.29 is 4.79 Å². The van der Waals surface area contributed by atoms with E-state index in [9.17, 15) is 4.79 Å². The maximum Gasteiger partial charge on any atom is 0.246 e. The Morgan fingerprint density at radius 3 is 2.26 bits per heavy atom. The molecule has 0 unspecified atom stereocenters. The molecule has 1 amide bonds. The monoisotopic (exact) mass is 251 g/mol. The molecule has 0 radical (unpaired) electrons. The van der Waals surface area contributed by atoms with Gasteiger partial charge in [0.2, 0.25) is 11.9 Å². The van der Waals surface area contributed by atoms with Crippen molar-refractivity contribution in [3.8, 4) is 0 Å². The van der Waals surface area contributed by atoms with E-state index < -0.39 is 0 Å². The first-order chi connectivity index (χ1) is 9.33. The Bertz CT molecular complexity index is 608. The van der Waals surface area contributed by atoms with Crippen LogP contribution in [-0.4, -0.2) is 18.4 Å². The summed E-state index contributed by atoms with van der Waals surface area (Å²) in [5.74, 6) is 0.529. The summed E-state index contributed by atoms with van der Waals surface area (Å²) in [5, 5.41) is 2.79. The minimum absolute atomic E-state index is 0.0430. The van der Waals surface area contributed by atoms with E-state index in [2.05, 4.69) is 10.3 Å². The normalized spacial score (nSPS) is 16.7. The first-order valence-corrected chi connectivity index (χ1v) is 6.09. The van der Waals surface area contributed by atoms with Crippen LogP contribution in [0.3, 0.4) is 0 Å². The quantitative estimate of drug-likeness (QED) is 0.890. The molecule has 1 heterocycles. The predicted octanol–water partition coefficient (Wildman–Crippen LogP) is 2.31. The van der Waals surface area contributed by atoms with Crippen molar-refractivity contribution in [3.63, 3.8) is 0 Å². The minimum atomic E-state index is -0.0430. The van der Waals surface area contributed by atoms with Crippen molar-refractivity contribution in [2.24, 2.45) is 4.99 Å². The summed E-state index contributed by atoms with van der Waals surface area (Å²) in [5.41, 5.74) is 1.77. The van der Waals surface area contributed by atoms with Crippen LogP contribution >= 0.6 is 0 Å². The zero-order chi connectivity index (χ0) is 13.1. The molecule has 19 heavy (non-hydrogen) atoms. The van der Waals surface area contributed by atoms with E-state index in [1.165, 1.54) is 0 Å². The Morgan fingerprint density at radius 2 is 1.58 bits per heavy atom. The van der Waals surface area contributed by atoms with Crippen molar-refractivity contribution in [1.29, 1.82) is 0 Å². The Balaban J connectivity index is 1.95. The zero-order valence-corrected chi connectivity index (χ0v) is 10.3. The van der Waals surface area contributed by atoms with Gasteiger partial charge in [0.15, 0.2) is 0 Å². The smallest absolute Gasteiger partial charge is 0.246 e. The van der Waals surface area contributed by atoms with Gasteiger partial charge in [-0.25, -0.2) is 4.99 Å². The fourth-order valence-corrected chi connectivity index (χ4v) is 1.98. The summed E-state index contributed by atoms with van der Waals surface area (Å²) in [6, 6.07) is 19.3. The number of carbonyl (C=O) groups is 1. The zero-order valence-electron chi connectivity index (χ0n) is 10.3. The van der Waals surface area contributed by atoms with Crippen LogP contribution in [-0.2, 0) is 4.79 Å². The molecule has 4 heteroatoms. The highest BCUT2D eigenvalue weighted by molar-refractivity contribution is 6.15. The van der Waals surface area contributed by atoms with Crippen molar-refractivity contribution in [2.75, 3.05) is 11.4 Å². The molecule has 1 aliphatic heterocycles. The topological polar surface area (TPSA) is 44.7 Å². The van der Waals surface area contributed by atoms with Crippen LogP contribution in [0.1, 0.15) is 0 Å². The molecule has 1 aliphatic rings. The Hall–Kier alpha value is -2.62. The second-order valence-electron chi connectivity index (χ2n) is 4.24. The van der Waals surface area contributed by atoms with Crippen molar-refractivity contribution >= 4 is 23.2 Å². The van der Waals surface area contributed by atoms with Gasteiger partial charge in [-0.1, -0.05) is 36.4 Å². The number of hydrogen-bond donors (Lipinski definition) is 1. The largest absolute Gasteiger partial charge is 0.303 e. The Labute approximate surface area is 111 Å². The molecule has 94 valence electrons. The van der Waals surface area contributed by atoms with Gasteiger partial charge in [0.25, 0.3) is 0 Å². The number of aliphatic imine (C=N–C) groups is 1. The maximum absolute atomic E-state index is 11.6. The molecule has 1 fully saturated rings. The fourth-order valence-electron chi connectivity index (χ4n) is 1.98. The number of nitrogens with zero attached hydrogens (tertiary/aromatic N) is 2. The number of nitrogens with one attached hydrogen (secondary N) is 1. The summed E-state index contributed by atoms with van der Waals surface area (Å²) in [4.78, 5) is 17.9. The molecule has 0 atom stereocenters. The molecule has 0 spiro atoms. The number of anilines is 1. The first kappa shape index (κ1) is 11.5. The lowest BCUT2D eigenvalue weighted by Crippen LogP contribution is -2.29. The molecule has 3 rings (SSSR count). The summed E-state index contributed by atoms with van der Waals surface area (Å²) in [6.07, 6.45) is 0. The van der Waals surface area contributed by atoms with E-state index in [1.807, 2.05) is 65.6 Å². The van der Waals surface area contributed by atoms with Crippen LogP contribution in [0.5, 0.6) is 0 Å². The standard InChI is InChI=1S/C15H13N3O/c19-14-11-18(13-9-5-2-6-10-13)15(17-14)16-12-7-3-1-4-8-12/h1-10H,11H2,(H,16,17,19). The van der Waals surface area contributed by atoms with Gasteiger partial charge in [0.1, 0.15) is 6.54 Å². The lowest BCUT2D eigenvalue weighted by molar-refractivity contribution is -0.117. The van der Waals surface area contributed by atoms with Gasteiger partial charge in [0, 0.05) is 5.69 Å². The number of rotatable bonds is 2. The highest BCUT2D eigenvalue weighted by Crippen LogP contribution is 2.18. The van der Waals surface area contributed by atoms with E-state index in [-0.39, 0.29) is 5.91 Å². The van der Waals surface area contributed by atoms with E-state index >= 15 is 0 Å². The third kappa shape index (κ3) is 2.47. The lowest BCUT2D eigenvalue weighted by Gasteiger charge is -2.16. The SMILES string of the molecule is O=C1CN(c2ccccc2)C(=Nc2ccccc2)N1. The second kappa shape index (κ2) is 4.94. The Morgan fingerprint density at radius 1 is 0.947 bits per heavy atom. The number of guanidine groups is 1. The van der Waals surface area contributed by atoms with Crippen LogP contribution < -0.4 is 10.2 Å². The van der Waals surface area contributed by atoms with Crippen LogP contribution in [0.2, 0.25) is 0 Å². The van der Waals surface area contributed by atoms with E-state index in [4.69, 9.17) is 0 Å². The predicted molar refractivity (Wildman–Crippen MR) is 75.5 cm³/mol. The highest BCUT2D eigenvalue weighted by Gasteiger charge is 2.26. The number of benzene rings is 2. The number of para-hydroxylation sites is 2. The van der Waals surface area contributed by atoms with Crippen molar-refractivity contribution in [2.45, 2.75) is 0 Å².